The Kier molecular flexibility index (Phi) is 6.15. The minimum atomic E-state index is -4.77. The third-order valence-corrected chi connectivity index (χ3v) is 6.10. The average Bonchev–Trinajstić information content (AvgIpc) is 3.45. The molecule has 1 aromatic carbocycles. The maximum absolute atomic E-state index is 12.6. The molecule has 0 radical (unpaired) electrons. The molecule has 3 aromatic rings. The summed E-state index contributed by atoms with van der Waals surface area (Å²) < 4.78 is 53.9. The van der Waals surface area contributed by atoms with E-state index in [1.165, 1.54) is 29.0 Å². The average molecular weight is 510 g/mol. The monoisotopic (exact) mass is 510 g/mol. The van der Waals surface area contributed by atoms with Crippen LogP contribution in [-0.2, 0) is 16.1 Å². The van der Waals surface area contributed by atoms with Crippen LogP contribution in [0.2, 0.25) is 0 Å². The van der Waals surface area contributed by atoms with E-state index < -0.39 is 17.4 Å². The molecule has 2 aliphatic heterocycles. The van der Waals surface area contributed by atoms with Gasteiger partial charge in [-0.25, -0.2) is 4.98 Å². The number of piperidine rings is 1. The number of imidazole rings is 2. The van der Waals surface area contributed by atoms with E-state index in [0.717, 1.165) is 0 Å². The quantitative estimate of drug-likeness (QED) is 0.395. The predicted molar refractivity (Wildman–Crippen MR) is 115 cm³/mol. The van der Waals surface area contributed by atoms with Gasteiger partial charge in [-0.05, 0) is 29.9 Å². The van der Waals surface area contributed by atoms with Gasteiger partial charge >= 0.3 is 18.2 Å². The molecule has 0 aliphatic carbocycles. The van der Waals surface area contributed by atoms with E-state index in [2.05, 4.69) is 19.7 Å². The highest BCUT2D eigenvalue weighted by molar-refractivity contribution is 5.78. The fourth-order valence-corrected chi connectivity index (χ4v) is 4.34. The number of carbonyl (C=O) groups is 1. The van der Waals surface area contributed by atoms with E-state index in [1.54, 1.807) is 4.90 Å². The largest absolute Gasteiger partial charge is 0.573 e. The number of hydrogen-bond acceptors (Lipinski definition) is 8. The summed E-state index contributed by atoms with van der Waals surface area (Å²) in [5, 5.41) is 10.9. The van der Waals surface area contributed by atoms with Crippen molar-refractivity contribution in [2.45, 2.75) is 37.8 Å². The summed E-state index contributed by atoms with van der Waals surface area (Å²) in [6.45, 7) is 1.22. The Labute approximate surface area is 201 Å². The van der Waals surface area contributed by atoms with Crippen LogP contribution >= 0.6 is 0 Å². The maximum atomic E-state index is 12.6. The van der Waals surface area contributed by atoms with Gasteiger partial charge in [0.1, 0.15) is 37.1 Å². The molecule has 12 nitrogen and oxygen atoms in total. The number of carbonyl (C=O) groups excluding carboxylic acids is 1. The Hall–Kier alpha value is -3.88. The van der Waals surface area contributed by atoms with E-state index in [9.17, 15) is 28.1 Å². The van der Waals surface area contributed by atoms with E-state index in [4.69, 9.17) is 9.47 Å². The van der Waals surface area contributed by atoms with Crippen molar-refractivity contribution < 1.29 is 37.1 Å². The number of alkyl halides is 3. The van der Waals surface area contributed by atoms with Crippen LogP contribution in [-0.4, -0.2) is 74.0 Å². The second-order valence-corrected chi connectivity index (χ2v) is 8.54. The number of nitrogens with zero attached hydrogens (tertiary/aromatic N) is 5. The van der Waals surface area contributed by atoms with Gasteiger partial charge in [-0.3, -0.25) is 9.36 Å². The number of nitro groups is 1. The van der Waals surface area contributed by atoms with Crippen LogP contribution in [0.1, 0.15) is 24.6 Å². The normalized spacial score (nSPS) is 18.6. The van der Waals surface area contributed by atoms with Gasteiger partial charge in [-0.2, -0.15) is 0 Å². The van der Waals surface area contributed by atoms with E-state index in [1.807, 2.05) is 0 Å². The summed E-state index contributed by atoms with van der Waals surface area (Å²) in [6, 6.07) is 4.09. The Morgan fingerprint density at radius 2 is 2.06 bits per heavy atom. The van der Waals surface area contributed by atoms with Crippen LogP contribution in [0.25, 0.3) is 11.0 Å². The third kappa shape index (κ3) is 5.19. The second kappa shape index (κ2) is 9.29. The van der Waals surface area contributed by atoms with Gasteiger partial charge < -0.3 is 34.2 Å². The SMILES string of the molecule is O=C(CO[C@@H]1COc2nc([N+](=O)[O-])cn2C1)N1CCC(c2nc3cc(OC(F)(F)F)ccc3[nH]2)CC1. The molecular formula is C21H21F3N6O6. The summed E-state index contributed by atoms with van der Waals surface area (Å²) in [5.41, 5.74) is 0.979. The molecule has 2 aliphatic rings. The Bertz CT molecular complexity index is 1280. The first-order valence-corrected chi connectivity index (χ1v) is 11.1. The molecule has 4 heterocycles. The van der Waals surface area contributed by atoms with Crippen LogP contribution < -0.4 is 9.47 Å². The molecule has 36 heavy (non-hydrogen) atoms. The lowest BCUT2D eigenvalue weighted by Crippen LogP contribution is -2.42. The highest BCUT2D eigenvalue weighted by Crippen LogP contribution is 2.30. The molecule has 0 unspecified atom stereocenters. The first kappa shape index (κ1) is 23.8. The molecule has 1 saturated heterocycles. The Morgan fingerprint density at radius 1 is 1.28 bits per heavy atom. The molecule has 0 bridgehead atoms. The first-order valence-electron chi connectivity index (χ1n) is 11.1. The summed E-state index contributed by atoms with van der Waals surface area (Å²) >= 11 is 0. The molecule has 1 fully saturated rings. The molecule has 1 amide bonds. The molecule has 1 atom stereocenters. The Balaban J connectivity index is 1.12. The summed E-state index contributed by atoms with van der Waals surface area (Å²) in [5.74, 6) is -0.156. The van der Waals surface area contributed by atoms with Gasteiger partial charge in [-0.1, -0.05) is 0 Å². The maximum Gasteiger partial charge on any atom is 0.573 e. The fourth-order valence-electron chi connectivity index (χ4n) is 4.34. The van der Waals surface area contributed by atoms with Crippen molar-refractivity contribution in [2.24, 2.45) is 0 Å². The molecule has 0 spiro atoms. The molecule has 192 valence electrons. The molecular weight excluding hydrogens is 489 g/mol. The van der Waals surface area contributed by atoms with Crippen molar-refractivity contribution >= 4 is 22.8 Å². The zero-order chi connectivity index (χ0) is 25.4. The number of nitrogens with one attached hydrogen (secondary N) is 1. The zero-order valence-corrected chi connectivity index (χ0v) is 18.7. The van der Waals surface area contributed by atoms with E-state index in [0.29, 0.717) is 42.8 Å². The molecule has 1 N–H and O–H groups in total. The summed E-state index contributed by atoms with van der Waals surface area (Å²) in [7, 11) is 0. The summed E-state index contributed by atoms with van der Waals surface area (Å²) in [4.78, 5) is 35.9. The lowest BCUT2D eigenvalue weighted by molar-refractivity contribution is -0.389. The van der Waals surface area contributed by atoms with Crippen molar-refractivity contribution in [1.29, 1.82) is 0 Å². The van der Waals surface area contributed by atoms with Gasteiger partial charge in [0.25, 0.3) is 0 Å². The lowest BCUT2D eigenvalue weighted by atomic mass is 9.96. The lowest BCUT2D eigenvalue weighted by Gasteiger charge is -2.31. The number of hydrogen-bond donors (Lipinski definition) is 1. The van der Waals surface area contributed by atoms with Crippen molar-refractivity contribution in [1.82, 2.24) is 24.4 Å². The van der Waals surface area contributed by atoms with Gasteiger partial charge in [0.05, 0.1) is 17.6 Å². The minimum Gasteiger partial charge on any atom is -0.443 e. The predicted octanol–water partition coefficient (Wildman–Crippen LogP) is 2.75. The number of fused-ring (bicyclic) bond motifs is 2. The standard InChI is InChI=1S/C21H21F3N6O6/c22-21(23,24)36-13-1-2-15-16(7-13)26-19(25-15)12-3-5-28(6-4-12)18(31)11-34-14-8-29-9-17(30(32)33)27-20(29)35-10-14/h1-2,7,9,12,14H,3-6,8,10-11H2,(H,25,26)/t14-/m0/s1. The zero-order valence-electron chi connectivity index (χ0n) is 18.7. The number of rotatable bonds is 6. The molecule has 15 heteroatoms. The third-order valence-electron chi connectivity index (χ3n) is 6.10. The van der Waals surface area contributed by atoms with Gasteiger partial charge in [0.2, 0.25) is 5.91 Å². The molecule has 0 saturated carbocycles. The van der Waals surface area contributed by atoms with Crippen LogP contribution in [0.3, 0.4) is 0 Å². The van der Waals surface area contributed by atoms with E-state index in [-0.39, 0.29) is 49.2 Å². The number of ether oxygens (including phenoxy) is 3. The van der Waals surface area contributed by atoms with Crippen LogP contribution in [0.4, 0.5) is 19.0 Å². The number of benzene rings is 1. The van der Waals surface area contributed by atoms with Crippen molar-refractivity contribution in [3.63, 3.8) is 0 Å². The van der Waals surface area contributed by atoms with Crippen LogP contribution in [0.5, 0.6) is 11.8 Å². The van der Waals surface area contributed by atoms with E-state index >= 15 is 0 Å². The minimum absolute atomic E-state index is 0.0246. The fraction of sp³-hybridized carbons (Fsp3) is 0.476. The summed E-state index contributed by atoms with van der Waals surface area (Å²) in [6.07, 6.45) is -2.70. The van der Waals surface area contributed by atoms with Crippen LogP contribution in [0.15, 0.2) is 24.4 Å². The van der Waals surface area contributed by atoms with Gasteiger partial charge in [0.15, 0.2) is 0 Å². The number of amides is 1. The van der Waals surface area contributed by atoms with Crippen LogP contribution in [0, 0.1) is 10.1 Å². The number of halogens is 3. The number of H-pyrrole nitrogens is 1. The van der Waals surface area contributed by atoms with Gasteiger partial charge in [-0.15, -0.1) is 13.2 Å². The highest BCUT2D eigenvalue weighted by atomic mass is 19.4. The number of aromatic amines is 1. The Morgan fingerprint density at radius 3 is 2.78 bits per heavy atom. The highest BCUT2D eigenvalue weighted by Gasteiger charge is 2.32. The number of aromatic nitrogens is 4. The smallest absolute Gasteiger partial charge is 0.443 e. The molecule has 5 rings (SSSR count). The second-order valence-electron chi connectivity index (χ2n) is 8.54. The van der Waals surface area contributed by atoms with Crippen molar-refractivity contribution in [2.75, 3.05) is 26.3 Å². The molecule has 2 aromatic heterocycles. The topological polar surface area (TPSA) is 138 Å². The first-order chi connectivity index (χ1) is 17.1. The van der Waals surface area contributed by atoms with Crippen molar-refractivity contribution in [3.8, 4) is 11.8 Å². The van der Waals surface area contributed by atoms with Gasteiger partial charge in [0, 0.05) is 30.1 Å². The number of likely N-dealkylation sites (tertiary alicyclic amines) is 1. The van der Waals surface area contributed by atoms with Crippen molar-refractivity contribution in [3.05, 3.63) is 40.3 Å².